The van der Waals surface area contributed by atoms with Gasteiger partial charge in [0.05, 0.1) is 4.90 Å². The minimum Gasteiger partial charge on any atom is -0.326 e. The molecule has 0 aliphatic heterocycles. The van der Waals surface area contributed by atoms with Crippen molar-refractivity contribution in [3.63, 3.8) is 0 Å². The highest BCUT2D eigenvalue weighted by atomic mass is 79.9. The molecule has 6 heteroatoms. The second kappa shape index (κ2) is 6.36. The monoisotopic (exact) mass is 376 g/mol. The molecule has 1 rings (SSSR count). The maximum Gasteiger partial charge on any atom is 0.242 e. The molecular weight excluding hydrogens is 352 g/mol. The summed E-state index contributed by atoms with van der Waals surface area (Å²) in [6.45, 7) is 10.4. The molecule has 0 fully saturated rings. The van der Waals surface area contributed by atoms with E-state index >= 15 is 0 Å². The van der Waals surface area contributed by atoms with Gasteiger partial charge < -0.3 is 5.73 Å². The maximum atomic E-state index is 12.6. The third kappa shape index (κ3) is 5.70. The zero-order valence-corrected chi connectivity index (χ0v) is 15.7. The Hall–Kier alpha value is -0.430. The highest BCUT2D eigenvalue weighted by molar-refractivity contribution is 9.10. The van der Waals surface area contributed by atoms with E-state index in [1.54, 1.807) is 12.1 Å². The van der Waals surface area contributed by atoms with Crippen LogP contribution in [0.2, 0.25) is 0 Å². The van der Waals surface area contributed by atoms with Crippen molar-refractivity contribution in [2.24, 2.45) is 11.1 Å². The Kier molecular flexibility index (Phi) is 5.64. The van der Waals surface area contributed by atoms with Crippen LogP contribution in [0.15, 0.2) is 27.6 Å². The molecule has 0 unspecified atom stereocenters. The summed E-state index contributed by atoms with van der Waals surface area (Å²) in [6, 6.07) is 5.14. The van der Waals surface area contributed by atoms with Gasteiger partial charge in [-0.2, -0.15) is 0 Å². The van der Waals surface area contributed by atoms with E-state index in [0.717, 1.165) is 12.0 Å². The minimum atomic E-state index is -3.61. The van der Waals surface area contributed by atoms with Gasteiger partial charge >= 0.3 is 0 Å². The molecule has 4 nitrogen and oxygen atoms in total. The van der Waals surface area contributed by atoms with Crippen LogP contribution in [0.1, 0.15) is 46.6 Å². The molecular formula is C15H25BrN2O2S. The molecule has 0 bridgehead atoms. The average Bonchev–Trinajstić information content (AvgIpc) is 2.24. The lowest BCUT2D eigenvalue weighted by Crippen LogP contribution is -2.45. The van der Waals surface area contributed by atoms with Gasteiger partial charge in [0.1, 0.15) is 0 Å². The molecule has 21 heavy (non-hydrogen) atoms. The fourth-order valence-corrected chi connectivity index (χ4v) is 5.09. The largest absolute Gasteiger partial charge is 0.326 e. The second-order valence-corrected chi connectivity index (χ2v) is 9.70. The van der Waals surface area contributed by atoms with Crippen molar-refractivity contribution in [3.05, 3.63) is 28.2 Å². The summed E-state index contributed by atoms with van der Waals surface area (Å²) in [5.41, 5.74) is 5.87. The normalized spacial score (nSPS) is 13.5. The lowest BCUT2D eigenvalue weighted by atomic mass is 9.82. The van der Waals surface area contributed by atoms with Crippen LogP contribution in [0.5, 0.6) is 0 Å². The van der Waals surface area contributed by atoms with Crippen LogP contribution in [-0.4, -0.2) is 14.0 Å². The predicted molar refractivity (Wildman–Crippen MR) is 90.5 cm³/mol. The molecule has 0 spiro atoms. The first-order valence-corrected chi connectivity index (χ1v) is 9.16. The summed E-state index contributed by atoms with van der Waals surface area (Å²) in [5, 5.41) is 0. The molecule has 0 heterocycles. The van der Waals surface area contributed by atoms with Crippen LogP contribution in [0, 0.1) is 5.41 Å². The van der Waals surface area contributed by atoms with Crippen molar-refractivity contribution in [1.82, 2.24) is 4.72 Å². The third-order valence-electron chi connectivity index (χ3n) is 2.90. The molecule has 0 aromatic heterocycles. The number of benzene rings is 1. The molecule has 120 valence electrons. The summed E-state index contributed by atoms with van der Waals surface area (Å²) in [5.74, 6) is 0. The fourth-order valence-electron chi connectivity index (χ4n) is 2.66. The Morgan fingerprint density at radius 1 is 1.19 bits per heavy atom. The molecule has 0 atom stereocenters. The summed E-state index contributed by atoms with van der Waals surface area (Å²) in [7, 11) is -3.61. The van der Waals surface area contributed by atoms with Crippen LogP contribution in [0.25, 0.3) is 0 Å². The van der Waals surface area contributed by atoms with E-state index < -0.39 is 15.6 Å². The zero-order valence-electron chi connectivity index (χ0n) is 13.3. The number of nitrogens with two attached hydrogens (primary N) is 1. The van der Waals surface area contributed by atoms with Gasteiger partial charge in [0.15, 0.2) is 0 Å². The summed E-state index contributed by atoms with van der Waals surface area (Å²) >= 11 is 3.30. The van der Waals surface area contributed by atoms with E-state index in [0.29, 0.717) is 11.0 Å². The van der Waals surface area contributed by atoms with E-state index in [4.69, 9.17) is 5.73 Å². The Balaban J connectivity index is 3.12. The number of rotatable bonds is 5. The molecule has 1 aromatic rings. The quantitative estimate of drug-likeness (QED) is 0.826. The Bertz CT molecular complexity index is 605. The van der Waals surface area contributed by atoms with Gasteiger partial charge in [0.2, 0.25) is 10.0 Å². The van der Waals surface area contributed by atoms with Crippen LogP contribution in [0.3, 0.4) is 0 Å². The molecule has 0 amide bonds. The Morgan fingerprint density at radius 2 is 1.76 bits per heavy atom. The fraction of sp³-hybridized carbons (Fsp3) is 0.600. The van der Waals surface area contributed by atoms with Crippen LogP contribution >= 0.6 is 15.9 Å². The number of hydrogen-bond donors (Lipinski definition) is 2. The summed E-state index contributed by atoms with van der Waals surface area (Å²) in [4.78, 5) is 0.229. The van der Waals surface area contributed by atoms with Gasteiger partial charge in [-0.15, -0.1) is 0 Å². The van der Waals surface area contributed by atoms with E-state index in [2.05, 4.69) is 41.4 Å². The number of halogens is 1. The lowest BCUT2D eigenvalue weighted by Gasteiger charge is -2.33. The van der Waals surface area contributed by atoms with Crippen molar-refractivity contribution in [2.75, 3.05) is 0 Å². The van der Waals surface area contributed by atoms with Crippen LogP contribution in [-0.2, 0) is 16.6 Å². The van der Waals surface area contributed by atoms with E-state index in [1.165, 1.54) is 0 Å². The molecule has 0 radical (unpaired) electrons. The standard InChI is InChI=1S/C15H25BrN2O2S/c1-14(2,3)10-15(4,5)18-21(19,20)13-8-11(9-17)6-7-12(13)16/h6-8,18H,9-10,17H2,1-5H3. The first-order chi connectivity index (χ1) is 9.36. The molecule has 0 saturated carbocycles. The van der Waals surface area contributed by atoms with Crippen molar-refractivity contribution in [3.8, 4) is 0 Å². The highest BCUT2D eigenvalue weighted by Gasteiger charge is 2.31. The van der Waals surface area contributed by atoms with Crippen molar-refractivity contribution in [2.45, 2.75) is 58.0 Å². The molecule has 0 saturated heterocycles. The number of hydrogen-bond acceptors (Lipinski definition) is 3. The first kappa shape index (κ1) is 18.6. The van der Waals surface area contributed by atoms with Gasteiger partial charge in [-0.3, -0.25) is 0 Å². The molecule has 3 N–H and O–H groups in total. The number of sulfonamides is 1. The summed E-state index contributed by atoms with van der Waals surface area (Å²) < 4.78 is 28.6. The van der Waals surface area contributed by atoms with Gasteiger partial charge in [-0.1, -0.05) is 26.8 Å². The van der Waals surface area contributed by atoms with E-state index in [9.17, 15) is 8.42 Å². The lowest BCUT2D eigenvalue weighted by molar-refractivity contribution is 0.269. The number of nitrogens with one attached hydrogen (secondary N) is 1. The smallest absolute Gasteiger partial charge is 0.242 e. The third-order valence-corrected chi connectivity index (χ3v) is 5.60. The van der Waals surface area contributed by atoms with Crippen molar-refractivity contribution >= 4 is 26.0 Å². The Labute approximate surface area is 136 Å². The van der Waals surface area contributed by atoms with E-state index in [1.807, 2.05) is 19.9 Å². The van der Waals surface area contributed by atoms with Crippen molar-refractivity contribution in [1.29, 1.82) is 0 Å². The first-order valence-electron chi connectivity index (χ1n) is 6.89. The van der Waals surface area contributed by atoms with Crippen LogP contribution in [0.4, 0.5) is 0 Å². The predicted octanol–water partition coefficient (Wildman–Crippen LogP) is 3.40. The molecule has 1 aromatic carbocycles. The maximum absolute atomic E-state index is 12.6. The topological polar surface area (TPSA) is 72.2 Å². The van der Waals surface area contributed by atoms with Crippen molar-refractivity contribution < 1.29 is 8.42 Å². The van der Waals surface area contributed by atoms with Crippen LogP contribution < -0.4 is 10.5 Å². The second-order valence-electron chi connectivity index (χ2n) is 7.20. The molecule has 0 aliphatic carbocycles. The minimum absolute atomic E-state index is 0.0301. The average molecular weight is 377 g/mol. The van der Waals surface area contributed by atoms with Gasteiger partial charge in [0, 0.05) is 16.6 Å². The van der Waals surface area contributed by atoms with Gasteiger partial charge in [-0.05, 0) is 59.3 Å². The molecule has 0 aliphatic rings. The summed E-state index contributed by atoms with van der Waals surface area (Å²) in [6.07, 6.45) is 0.730. The van der Waals surface area contributed by atoms with Gasteiger partial charge in [0.25, 0.3) is 0 Å². The van der Waals surface area contributed by atoms with Gasteiger partial charge in [-0.25, -0.2) is 13.1 Å². The van der Waals surface area contributed by atoms with E-state index in [-0.39, 0.29) is 10.3 Å². The zero-order chi connectivity index (χ0) is 16.5. The SMILES string of the molecule is CC(C)(C)CC(C)(C)NS(=O)(=O)c1cc(CN)ccc1Br. The Morgan fingerprint density at radius 3 is 2.24 bits per heavy atom. The highest BCUT2D eigenvalue weighted by Crippen LogP contribution is 2.30.